The summed E-state index contributed by atoms with van der Waals surface area (Å²) < 4.78 is 2.84. The Hall–Kier alpha value is -3.52. The minimum atomic E-state index is -0.660. The van der Waals surface area contributed by atoms with E-state index in [1.165, 1.54) is 11.3 Å². The number of hydrogen-bond acceptors (Lipinski definition) is 5. The van der Waals surface area contributed by atoms with Gasteiger partial charge in [-0.1, -0.05) is 17.4 Å². The summed E-state index contributed by atoms with van der Waals surface area (Å²) in [6.07, 6.45) is 7.22. The zero-order valence-corrected chi connectivity index (χ0v) is 16.5. The molecule has 0 radical (unpaired) electrons. The Kier molecular flexibility index (Phi) is 5.35. The first-order valence-corrected chi connectivity index (χ1v) is 9.93. The maximum atomic E-state index is 12.6. The van der Waals surface area contributed by atoms with Crippen molar-refractivity contribution in [2.75, 3.05) is 0 Å². The summed E-state index contributed by atoms with van der Waals surface area (Å²) in [6, 6.07) is 12.2. The van der Waals surface area contributed by atoms with Crippen LogP contribution in [0.2, 0.25) is 0 Å². The van der Waals surface area contributed by atoms with Crippen molar-refractivity contribution in [3.8, 4) is 5.13 Å². The number of carbonyl (C=O) groups is 2. The van der Waals surface area contributed by atoms with Crippen LogP contribution < -0.4 is 10.6 Å². The first-order chi connectivity index (χ1) is 14.1. The van der Waals surface area contributed by atoms with Crippen LogP contribution in [-0.4, -0.2) is 32.4 Å². The minimum absolute atomic E-state index is 0.254. The van der Waals surface area contributed by atoms with Gasteiger partial charge in [-0.2, -0.15) is 0 Å². The maximum absolute atomic E-state index is 12.6. The van der Waals surface area contributed by atoms with E-state index in [-0.39, 0.29) is 11.8 Å². The van der Waals surface area contributed by atoms with E-state index in [0.717, 1.165) is 20.9 Å². The van der Waals surface area contributed by atoms with E-state index in [0.29, 0.717) is 12.1 Å². The number of aromatic nitrogens is 3. The Labute approximate surface area is 171 Å². The molecule has 0 aliphatic carbocycles. The van der Waals surface area contributed by atoms with Gasteiger partial charge < -0.3 is 15.2 Å². The summed E-state index contributed by atoms with van der Waals surface area (Å²) >= 11 is 1.50. The number of nitrogens with one attached hydrogen (secondary N) is 2. The molecular formula is C21H19N5O2S. The van der Waals surface area contributed by atoms with Crippen molar-refractivity contribution >= 4 is 33.4 Å². The maximum Gasteiger partial charge on any atom is 0.251 e. The number of pyridine rings is 1. The fourth-order valence-electron chi connectivity index (χ4n) is 2.82. The highest BCUT2D eigenvalue weighted by molar-refractivity contribution is 7.20. The van der Waals surface area contributed by atoms with Crippen LogP contribution in [0.15, 0.2) is 67.3 Å². The van der Waals surface area contributed by atoms with Crippen LogP contribution in [0.1, 0.15) is 22.8 Å². The summed E-state index contributed by atoms with van der Waals surface area (Å²) in [7, 11) is 0. The van der Waals surface area contributed by atoms with Gasteiger partial charge in [-0.15, -0.1) is 0 Å². The van der Waals surface area contributed by atoms with Gasteiger partial charge in [-0.05, 0) is 48.9 Å². The fraction of sp³-hybridized carbons (Fsp3) is 0.143. The molecule has 1 aromatic carbocycles. The molecule has 0 saturated carbocycles. The molecule has 0 spiro atoms. The summed E-state index contributed by atoms with van der Waals surface area (Å²) in [6.45, 7) is 2.02. The molecule has 2 N–H and O–H groups in total. The largest absolute Gasteiger partial charge is 0.350 e. The number of thiazole rings is 1. The van der Waals surface area contributed by atoms with Crippen molar-refractivity contribution in [2.45, 2.75) is 19.5 Å². The number of nitrogens with zero attached hydrogens (tertiary/aromatic N) is 3. The smallest absolute Gasteiger partial charge is 0.251 e. The van der Waals surface area contributed by atoms with Gasteiger partial charge >= 0.3 is 0 Å². The predicted molar refractivity (Wildman–Crippen MR) is 112 cm³/mol. The second-order valence-electron chi connectivity index (χ2n) is 6.54. The Balaban J connectivity index is 1.40. The van der Waals surface area contributed by atoms with Crippen LogP contribution in [0.3, 0.4) is 0 Å². The molecule has 8 heteroatoms. The van der Waals surface area contributed by atoms with Crippen molar-refractivity contribution in [3.05, 3.63) is 78.4 Å². The Morgan fingerprint density at radius 3 is 2.76 bits per heavy atom. The molecule has 4 aromatic rings. The lowest BCUT2D eigenvalue weighted by Gasteiger charge is -2.14. The van der Waals surface area contributed by atoms with Crippen molar-refractivity contribution in [1.29, 1.82) is 0 Å². The lowest BCUT2D eigenvalue weighted by molar-refractivity contribution is -0.122. The molecular weight excluding hydrogens is 386 g/mol. The van der Waals surface area contributed by atoms with Crippen LogP contribution in [0, 0.1) is 0 Å². The van der Waals surface area contributed by atoms with E-state index in [1.807, 2.05) is 47.3 Å². The molecule has 3 heterocycles. The molecule has 0 aliphatic heterocycles. The van der Waals surface area contributed by atoms with Gasteiger partial charge in [0.1, 0.15) is 6.04 Å². The molecule has 1 atom stereocenters. The predicted octanol–water partition coefficient (Wildman–Crippen LogP) is 2.92. The van der Waals surface area contributed by atoms with E-state index >= 15 is 0 Å². The van der Waals surface area contributed by atoms with Crippen molar-refractivity contribution < 1.29 is 9.59 Å². The highest BCUT2D eigenvalue weighted by atomic mass is 32.1. The van der Waals surface area contributed by atoms with Crippen LogP contribution in [0.5, 0.6) is 0 Å². The standard InChI is InChI=1S/C21H19N5O2S/c1-14(19(27)23-13-15-5-4-8-22-12-15)24-20(28)16-6-7-17-18(11-16)29-21(25-17)26-9-2-3-10-26/h2-12,14H,13H2,1H3,(H,23,27)(H,24,28). The molecule has 4 rings (SSSR count). The Morgan fingerprint density at radius 2 is 2.00 bits per heavy atom. The molecule has 1 unspecified atom stereocenters. The molecule has 7 nitrogen and oxygen atoms in total. The van der Waals surface area contributed by atoms with E-state index < -0.39 is 6.04 Å². The zero-order valence-electron chi connectivity index (χ0n) is 15.7. The summed E-state index contributed by atoms with van der Waals surface area (Å²) in [5.41, 5.74) is 2.22. The van der Waals surface area contributed by atoms with Crippen LogP contribution >= 0.6 is 11.3 Å². The lowest BCUT2D eigenvalue weighted by atomic mass is 10.2. The van der Waals surface area contributed by atoms with Gasteiger partial charge in [-0.3, -0.25) is 14.6 Å². The first kappa shape index (κ1) is 18.8. The average molecular weight is 405 g/mol. The third kappa shape index (κ3) is 4.33. The highest BCUT2D eigenvalue weighted by Crippen LogP contribution is 2.26. The van der Waals surface area contributed by atoms with Crippen LogP contribution in [-0.2, 0) is 11.3 Å². The van der Waals surface area contributed by atoms with Crippen LogP contribution in [0.25, 0.3) is 15.3 Å². The van der Waals surface area contributed by atoms with Crippen molar-refractivity contribution in [2.24, 2.45) is 0 Å². The van der Waals surface area contributed by atoms with Gasteiger partial charge in [0.2, 0.25) is 5.91 Å². The fourth-order valence-corrected chi connectivity index (χ4v) is 3.79. The molecule has 2 amide bonds. The number of benzene rings is 1. The normalized spacial score (nSPS) is 11.9. The second-order valence-corrected chi connectivity index (χ2v) is 7.55. The quantitative estimate of drug-likeness (QED) is 0.516. The lowest BCUT2D eigenvalue weighted by Crippen LogP contribution is -2.44. The van der Waals surface area contributed by atoms with Crippen molar-refractivity contribution in [1.82, 2.24) is 25.2 Å². The van der Waals surface area contributed by atoms with E-state index in [9.17, 15) is 9.59 Å². The number of rotatable bonds is 6. The molecule has 3 aromatic heterocycles. The van der Waals surface area contributed by atoms with Crippen LogP contribution in [0.4, 0.5) is 0 Å². The number of fused-ring (bicyclic) bond motifs is 1. The summed E-state index contributed by atoms with van der Waals surface area (Å²) in [4.78, 5) is 33.5. The topological polar surface area (TPSA) is 88.9 Å². The first-order valence-electron chi connectivity index (χ1n) is 9.11. The van der Waals surface area contributed by atoms with Gasteiger partial charge in [0.25, 0.3) is 5.91 Å². The monoisotopic (exact) mass is 405 g/mol. The van der Waals surface area contributed by atoms with Gasteiger partial charge in [0.05, 0.1) is 10.2 Å². The molecule has 0 saturated heterocycles. The zero-order chi connectivity index (χ0) is 20.2. The number of amides is 2. The number of hydrogen-bond donors (Lipinski definition) is 2. The molecule has 29 heavy (non-hydrogen) atoms. The van der Waals surface area contributed by atoms with E-state index in [2.05, 4.69) is 20.6 Å². The third-order valence-corrected chi connectivity index (χ3v) is 5.43. The molecule has 0 fully saturated rings. The van der Waals surface area contributed by atoms with Gasteiger partial charge in [0.15, 0.2) is 5.13 Å². The Bertz CT molecular complexity index is 1140. The number of carbonyl (C=O) groups excluding carboxylic acids is 2. The van der Waals surface area contributed by atoms with E-state index in [4.69, 9.17) is 0 Å². The SMILES string of the molecule is CC(NC(=O)c1ccc2nc(-n3cccc3)sc2c1)C(=O)NCc1cccnc1. The second kappa shape index (κ2) is 8.24. The van der Waals surface area contributed by atoms with Crippen molar-refractivity contribution in [3.63, 3.8) is 0 Å². The summed E-state index contributed by atoms with van der Waals surface area (Å²) in [5.74, 6) is -0.553. The minimum Gasteiger partial charge on any atom is -0.350 e. The Morgan fingerprint density at radius 1 is 1.17 bits per heavy atom. The summed E-state index contributed by atoms with van der Waals surface area (Å²) in [5, 5.41) is 6.38. The highest BCUT2D eigenvalue weighted by Gasteiger charge is 2.17. The van der Waals surface area contributed by atoms with Gasteiger partial charge in [-0.25, -0.2) is 4.98 Å². The molecule has 0 bridgehead atoms. The molecule has 146 valence electrons. The van der Waals surface area contributed by atoms with Gasteiger partial charge in [0, 0.05) is 36.9 Å². The average Bonchev–Trinajstić information content (AvgIpc) is 3.41. The third-order valence-electron chi connectivity index (χ3n) is 4.40. The van der Waals surface area contributed by atoms with E-state index in [1.54, 1.807) is 31.5 Å². The molecule has 0 aliphatic rings.